The van der Waals surface area contributed by atoms with Crippen molar-refractivity contribution in [1.82, 2.24) is 0 Å². The molecule has 2 aromatic carbocycles. The summed E-state index contributed by atoms with van der Waals surface area (Å²) in [5.74, 6) is -1.11. The third-order valence-electron chi connectivity index (χ3n) is 4.97. The first-order valence-electron chi connectivity index (χ1n) is 10.0. The first-order valence-corrected chi connectivity index (χ1v) is 10.9. The lowest BCUT2D eigenvalue weighted by Crippen LogP contribution is -2.32. The summed E-state index contributed by atoms with van der Waals surface area (Å²) in [5.41, 5.74) is 0.987. The number of ketones is 1. The molecule has 0 bridgehead atoms. The lowest BCUT2D eigenvalue weighted by Gasteiger charge is -2.21. The summed E-state index contributed by atoms with van der Waals surface area (Å²) in [4.78, 5) is 39.7. The molecule has 1 saturated heterocycles. The molecule has 0 N–H and O–H groups in total. The van der Waals surface area contributed by atoms with E-state index in [-0.39, 0.29) is 37.0 Å². The average Bonchev–Trinajstić information content (AvgIpc) is 3.15. The zero-order chi connectivity index (χ0) is 22.4. The van der Waals surface area contributed by atoms with Crippen LogP contribution in [0.1, 0.15) is 30.1 Å². The fraction of sp³-hybridized carbons (Fsp3) is 0.348. The molecule has 0 spiro atoms. The van der Waals surface area contributed by atoms with E-state index >= 15 is 0 Å². The number of ether oxygens (including phenoxy) is 2. The number of carbonyl (C=O) groups excluding carboxylic acids is 3. The molecule has 0 unspecified atom stereocenters. The summed E-state index contributed by atoms with van der Waals surface area (Å²) < 4.78 is 11.1. The van der Waals surface area contributed by atoms with Crippen LogP contribution < -0.4 is 9.64 Å². The minimum atomic E-state index is -1.02. The smallest absolute Gasteiger partial charge is 0.312 e. The van der Waals surface area contributed by atoms with Gasteiger partial charge in [-0.3, -0.25) is 14.4 Å². The highest BCUT2D eigenvalue weighted by atomic mass is 35.5. The second-order valence-electron chi connectivity index (χ2n) is 7.08. The molecule has 0 saturated carbocycles. The Labute approximate surface area is 191 Å². The van der Waals surface area contributed by atoms with Crippen molar-refractivity contribution in [2.24, 2.45) is 5.92 Å². The molecular formula is C23H23Cl2NO5. The zero-order valence-electron chi connectivity index (χ0n) is 17.1. The lowest BCUT2D eigenvalue weighted by atomic mass is 10.0. The molecule has 2 atom stereocenters. The quantitative estimate of drug-likeness (QED) is 0.310. The van der Waals surface area contributed by atoms with Crippen molar-refractivity contribution in [3.63, 3.8) is 0 Å². The highest BCUT2D eigenvalue weighted by molar-refractivity contribution is 6.30. The van der Waals surface area contributed by atoms with Crippen LogP contribution in [0.25, 0.3) is 0 Å². The van der Waals surface area contributed by atoms with Crippen LogP contribution in [-0.2, 0) is 14.3 Å². The molecule has 1 aliphatic heterocycles. The lowest BCUT2D eigenvalue weighted by molar-refractivity contribution is -0.151. The fourth-order valence-corrected chi connectivity index (χ4v) is 3.76. The maximum absolute atomic E-state index is 12.8. The van der Waals surface area contributed by atoms with Crippen LogP contribution >= 0.6 is 23.2 Å². The van der Waals surface area contributed by atoms with Crippen molar-refractivity contribution in [3.8, 4) is 5.75 Å². The predicted molar refractivity (Wildman–Crippen MR) is 119 cm³/mol. The maximum Gasteiger partial charge on any atom is 0.312 e. The van der Waals surface area contributed by atoms with E-state index in [1.807, 2.05) is 13.0 Å². The number of Topliss-reactive ketones (excluding diaryl/α,β-unsaturated/α-hetero) is 1. The van der Waals surface area contributed by atoms with E-state index in [0.717, 1.165) is 0 Å². The largest absolute Gasteiger partial charge is 0.492 e. The minimum absolute atomic E-state index is 0.00201. The van der Waals surface area contributed by atoms with E-state index in [2.05, 4.69) is 0 Å². The van der Waals surface area contributed by atoms with Gasteiger partial charge >= 0.3 is 5.97 Å². The summed E-state index contributed by atoms with van der Waals surface area (Å²) in [6.07, 6.45) is -0.847. The SMILES string of the molecule is CCOc1ccccc1N1C[C@@H](C(=O)O[C@@H](CCCl)C(=O)c2ccc(Cl)cc2)CC1=O. The molecule has 164 valence electrons. The number of para-hydroxylation sites is 2. The Morgan fingerprint density at radius 2 is 1.87 bits per heavy atom. The van der Waals surface area contributed by atoms with Crippen molar-refractivity contribution >= 4 is 46.5 Å². The molecule has 3 rings (SSSR count). The number of amides is 1. The minimum Gasteiger partial charge on any atom is -0.492 e. The summed E-state index contributed by atoms with van der Waals surface area (Å²) in [6, 6.07) is 13.5. The molecule has 8 heteroatoms. The number of hydrogen-bond acceptors (Lipinski definition) is 5. The number of anilines is 1. The van der Waals surface area contributed by atoms with Gasteiger partial charge < -0.3 is 14.4 Å². The molecule has 0 aromatic heterocycles. The molecule has 1 fully saturated rings. The average molecular weight is 464 g/mol. The van der Waals surface area contributed by atoms with Gasteiger partial charge in [-0.1, -0.05) is 23.7 Å². The number of rotatable bonds is 9. The third kappa shape index (κ3) is 5.57. The fourth-order valence-electron chi connectivity index (χ4n) is 3.44. The van der Waals surface area contributed by atoms with Crippen LogP contribution in [0.4, 0.5) is 5.69 Å². The molecule has 1 amide bonds. The molecule has 1 heterocycles. The molecule has 6 nitrogen and oxygen atoms in total. The molecule has 2 aromatic rings. The van der Waals surface area contributed by atoms with Gasteiger partial charge in [0.05, 0.1) is 18.2 Å². The van der Waals surface area contributed by atoms with Gasteiger partial charge in [0.25, 0.3) is 0 Å². The van der Waals surface area contributed by atoms with E-state index < -0.39 is 18.0 Å². The van der Waals surface area contributed by atoms with Gasteiger partial charge in [0.2, 0.25) is 11.7 Å². The van der Waals surface area contributed by atoms with Gasteiger partial charge in [-0.15, -0.1) is 11.6 Å². The van der Waals surface area contributed by atoms with Gasteiger partial charge in [0.15, 0.2) is 6.10 Å². The van der Waals surface area contributed by atoms with Gasteiger partial charge in [0.1, 0.15) is 5.75 Å². The van der Waals surface area contributed by atoms with Crippen LogP contribution in [-0.4, -0.2) is 42.8 Å². The first-order chi connectivity index (χ1) is 14.9. The third-order valence-corrected chi connectivity index (χ3v) is 5.44. The highest BCUT2D eigenvalue weighted by Crippen LogP contribution is 2.33. The predicted octanol–water partition coefficient (Wildman–Crippen LogP) is 4.52. The normalized spacial score (nSPS) is 16.8. The Morgan fingerprint density at radius 3 is 2.55 bits per heavy atom. The van der Waals surface area contributed by atoms with Crippen molar-refractivity contribution < 1.29 is 23.9 Å². The molecule has 31 heavy (non-hydrogen) atoms. The van der Waals surface area contributed by atoms with E-state index in [1.54, 1.807) is 42.5 Å². The highest BCUT2D eigenvalue weighted by Gasteiger charge is 2.38. The number of hydrogen-bond donors (Lipinski definition) is 0. The Bertz CT molecular complexity index is 947. The number of nitrogens with zero attached hydrogens (tertiary/aromatic N) is 1. The van der Waals surface area contributed by atoms with Gasteiger partial charge in [-0.25, -0.2) is 0 Å². The summed E-state index contributed by atoms with van der Waals surface area (Å²) in [5, 5.41) is 0.499. The Kier molecular flexibility index (Phi) is 7.93. The Morgan fingerprint density at radius 1 is 1.16 bits per heavy atom. The second-order valence-corrected chi connectivity index (χ2v) is 7.89. The van der Waals surface area contributed by atoms with Gasteiger partial charge in [-0.2, -0.15) is 0 Å². The van der Waals surface area contributed by atoms with Crippen LogP contribution in [0.2, 0.25) is 5.02 Å². The van der Waals surface area contributed by atoms with Gasteiger partial charge in [-0.05, 0) is 43.3 Å². The number of alkyl halides is 1. The van der Waals surface area contributed by atoms with Crippen molar-refractivity contribution in [1.29, 1.82) is 0 Å². The van der Waals surface area contributed by atoms with Crippen molar-refractivity contribution in [2.75, 3.05) is 23.9 Å². The van der Waals surface area contributed by atoms with Crippen LogP contribution in [0.3, 0.4) is 0 Å². The standard InChI is InChI=1S/C23H23Cl2NO5/c1-2-30-19-6-4-3-5-18(19)26-14-16(13-21(26)27)23(29)31-20(11-12-24)22(28)15-7-9-17(25)10-8-15/h3-10,16,20H,2,11-14H2,1H3/t16-,20-/m0/s1. The molecule has 0 aliphatic carbocycles. The van der Waals surface area contributed by atoms with E-state index in [4.69, 9.17) is 32.7 Å². The van der Waals surface area contributed by atoms with Crippen molar-refractivity contribution in [2.45, 2.75) is 25.9 Å². The monoisotopic (exact) mass is 463 g/mol. The summed E-state index contributed by atoms with van der Waals surface area (Å²) >= 11 is 11.7. The number of halogens is 2. The second kappa shape index (κ2) is 10.6. The Hall–Kier alpha value is -2.57. The first kappa shape index (κ1) is 23.1. The van der Waals surface area contributed by atoms with Gasteiger partial charge in [0, 0.05) is 35.9 Å². The molecule has 0 radical (unpaired) electrons. The Balaban J connectivity index is 1.71. The number of esters is 1. The van der Waals surface area contributed by atoms with E-state index in [0.29, 0.717) is 28.6 Å². The summed E-state index contributed by atoms with van der Waals surface area (Å²) in [6.45, 7) is 2.47. The van der Waals surface area contributed by atoms with Crippen LogP contribution in [0, 0.1) is 5.92 Å². The molecule has 1 aliphatic rings. The maximum atomic E-state index is 12.8. The zero-order valence-corrected chi connectivity index (χ0v) is 18.6. The molecular weight excluding hydrogens is 441 g/mol. The number of benzene rings is 2. The summed E-state index contributed by atoms with van der Waals surface area (Å²) in [7, 11) is 0. The van der Waals surface area contributed by atoms with Crippen molar-refractivity contribution in [3.05, 3.63) is 59.1 Å². The van der Waals surface area contributed by atoms with E-state index in [9.17, 15) is 14.4 Å². The van der Waals surface area contributed by atoms with E-state index in [1.165, 1.54) is 4.90 Å². The topological polar surface area (TPSA) is 72.9 Å². The number of carbonyl (C=O) groups is 3. The van der Waals surface area contributed by atoms with Crippen LogP contribution in [0.5, 0.6) is 5.75 Å². The van der Waals surface area contributed by atoms with Crippen LogP contribution in [0.15, 0.2) is 48.5 Å².